The second-order valence-electron chi connectivity index (χ2n) is 5.36. The Balaban J connectivity index is 2.49. The summed E-state index contributed by atoms with van der Waals surface area (Å²) in [5.74, 6) is 1.75. The van der Waals surface area contributed by atoms with E-state index in [1.807, 2.05) is 12.9 Å². The standard InChI is InChI=1S/C18H22O5/c1-3-5-10-21-16-15-13(12-19)8-7-9-14(15)17(20)23-18(16)22-11-6-4-2/h7-9,18H,3-6,10-11H2,1-2H3. The summed E-state index contributed by atoms with van der Waals surface area (Å²) < 4.78 is 16.8. The van der Waals surface area contributed by atoms with Crippen LogP contribution in [-0.4, -0.2) is 31.4 Å². The van der Waals surface area contributed by atoms with E-state index in [-0.39, 0.29) is 5.22 Å². The largest absolute Gasteiger partial charge is 0.491 e. The fourth-order valence-electron chi connectivity index (χ4n) is 2.32. The maximum absolute atomic E-state index is 12.2. The summed E-state index contributed by atoms with van der Waals surface area (Å²) in [5, 5.41) is 0.728. The average Bonchev–Trinajstić information content (AvgIpc) is 2.57. The lowest BCUT2D eigenvalue weighted by molar-refractivity contribution is -0.0940. The van der Waals surface area contributed by atoms with Gasteiger partial charge < -0.3 is 14.2 Å². The third kappa shape index (κ3) is 4.01. The van der Waals surface area contributed by atoms with E-state index in [1.165, 1.54) is 0 Å². The first-order valence-electron chi connectivity index (χ1n) is 8.06. The van der Waals surface area contributed by atoms with Crippen molar-refractivity contribution < 1.29 is 23.8 Å². The van der Waals surface area contributed by atoms with Crippen molar-refractivity contribution in [2.45, 2.75) is 45.8 Å². The third-order valence-corrected chi connectivity index (χ3v) is 3.59. The highest BCUT2D eigenvalue weighted by Crippen LogP contribution is 2.18. The first-order valence-corrected chi connectivity index (χ1v) is 8.06. The molecule has 1 aliphatic rings. The van der Waals surface area contributed by atoms with E-state index in [2.05, 4.69) is 6.92 Å². The smallest absolute Gasteiger partial charge is 0.341 e. The van der Waals surface area contributed by atoms with Gasteiger partial charge in [0.05, 0.1) is 29.2 Å². The molecule has 0 fully saturated rings. The van der Waals surface area contributed by atoms with Gasteiger partial charge in [-0.25, -0.2) is 9.59 Å². The Labute approximate surface area is 135 Å². The highest BCUT2D eigenvalue weighted by atomic mass is 16.7. The van der Waals surface area contributed by atoms with Crippen molar-refractivity contribution in [2.24, 2.45) is 0 Å². The van der Waals surface area contributed by atoms with Crippen LogP contribution in [0.25, 0.3) is 5.76 Å². The number of hydrogen-bond acceptors (Lipinski definition) is 5. The molecule has 1 heterocycles. The molecule has 0 N–H and O–H groups in total. The molecule has 124 valence electrons. The average molecular weight is 318 g/mol. The summed E-state index contributed by atoms with van der Waals surface area (Å²) in [4.78, 5) is 23.4. The number of carbonyl (C=O) groups is 1. The molecule has 0 bridgehead atoms. The lowest BCUT2D eigenvalue weighted by Gasteiger charge is -2.25. The minimum atomic E-state index is -0.909. The number of hydrogen-bond donors (Lipinski definition) is 0. The quantitative estimate of drug-likeness (QED) is 0.536. The Hall–Kier alpha value is -2.10. The molecule has 0 saturated heterocycles. The van der Waals surface area contributed by atoms with Crippen LogP contribution in [0, 0.1) is 0 Å². The van der Waals surface area contributed by atoms with E-state index < -0.39 is 12.3 Å². The summed E-state index contributed by atoms with van der Waals surface area (Å²) in [5.41, 5.74) is 0.313. The molecule has 0 radical (unpaired) electrons. The van der Waals surface area contributed by atoms with Crippen LogP contribution in [-0.2, 0) is 19.0 Å². The molecule has 5 heteroatoms. The number of cyclic esters (lactones) is 1. The number of fused-ring (bicyclic) bond motifs is 1. The molecule has 0 spiro atoms. The fourth-order valence-corrected chi connectivity index (χ4v) is 2.32. The van der Waals surface area contributed by atoms with E-state index in [4.69, 9.17) is 14.2 Å². The molecule has 1 aliphatic heterocycles. The van der Waals surface area contributed by atoms with Crippen LogP contribution in [0.1, 0.15) is 49.9 Å². The minimum absolute atomic E-state index is 0.287. The lowest BCUT2D eigenvalue weighted by atomic mass is 10.1. The van der Waals surface area contributed by atoms with Gasteiger partial charge in [0.25, 0.3) is 6.29 Å². The highest BCUT2D eigenvalue weighted by molar-refractivity contribution is 5.92. The first-order chi connectivity index (χ1) is 11.2. The first kappa shape index (κ1) is 17.3. The second kappa shape index (κ2) is 8.51. The van der Waals surface area contributed by atoms with Crippen LogP contribution in [0.4, 0.5) is 0 Å². The van der Waals surface area contributed by atoms with E-state index in [0.717, 1.165) is 25.7 Å². The monoisotopic (exact) mass is 318 g/mol. The number of carbonyl (C=O) groups excluding carboxylic acids is 2. The van der Waals surface area contributed by atoms with Gasteiger partial charge in [0.15, 0.2) is 5.76 Å². The number of esters is 1. The van der Waals surface area contributed by atoms with Crippen molar-refractivity contribution in [1.29, 1.82) is 0 Å². The van der Waals surface area contributed by atoms with E-state index in [1.54, 1.807) is 18.2 Å². The minimum Gasteiger partial charge on any atom is -0.491 e. The maximum Gasteiger partial charge on any atom is 0.341 e. The Bertz CT molecular complexity index is 688. The summed E-state index contributed by atoms with van der Waals surface area (Å²) in [6.45, 7) is 5.04. The number of ether oxygens (including phenoxy) is 3. The normalized spacial score (nSPS) is 16.5. The van der Waals surface area contributed by atoms with Gasteiger partial charge >= 0.3 is 5.97 Å². The third-order valence-electron chi connectivity index (χ3n) is 3.59. The van der Waals surface area contributed by atoms with Crippen LogP contribution in [0.3, 0.4) is 0 Å². The fraction of sp³-hybridized carbons (Fsp3) is 0.500. The zero-order valence-corrected chi connectivity index (χ0v) is 13.6. The van der Waals surface area contributed by atoms with Crippen LogP contribution < -0.4 is 10.4 Å². The SMILES string of the molecule is CCCCOC1=c2c(cccc2=C=O)C(=O)OC1OCCCC. The molecule has 0 aliphatic carbocycles. The second-order valence-corrected chi connectivity index (χ2v) is 5.36. The molecule has 0 amide bonds. The Morgan fingerprint density at radius 1 is 1.17 bits per heavy atom. The Morgan fingerprint density at radius 3 is 2.61 bits per heavy atom. The van der Waals surface area contributed by atoms with Crippen molar-refractivity contribution in [3.05, 3.63) is 34.2 Å². The molecular weight excluding hydrogens is 296 g/mol. The summed E-state index contributed by atoms with van der Waals surface area (Å²) in [7, 11) is 0. The van der Waals surface area contributed by atoms with E-state index >= 15 is 0 Å². The number of rotatable bonds is 8. The molecule has 2 rings (SSSR count). The Morgan fingerprint density at radius 2 is 1.91 bits per heavy atom. The molecule has 1 unspecified atom stereocenters. The van der Waals surface area contributed by atoms with Crippen molar-refractivity contribution in [3.63, 3.8) is 0 Å². The zero-order valence-electron chi connectivity index (χ0n) is 13.6. The van der Waals surface area contributed by atoms with Crippen molar-refractivity contribution in [3.8, 4) is 0 Å². The molecular formula is C18H22O5. The van der Waals surface area contributed by atoms with Gasteiger partial charge in [0, 0.05) is 0 Å². The van der Waals surface area contributed by atoms with Crippen LogP contribution >= 0.6 is 0 Å². The van der Waals surface area contributed by atoms with Crippen molar-refractivity contribution >= 4 is 17.7 Å². The van der Waals surface area contributed by atoms with E-state index in [9.17, 15) is 9.59 Å². The number of benzene rings is 1. The molecule has 1 aromatic rings. The van der Waals surface area contributed by atoms with Gasteiger partial charge in [-0.1, -0.05) is 32.8 Å². The maximum atomic E-state index is 12.2. The predicted molar refractivity (Wildman–Crippen MR) is 84.8 cm³/mol. The predicted octanol–water partition coefficient (Wildman–Crippen LogP) is 1.43. The van der Waals surface area contributed by atoms with Crippen molar-refractivity contribution in [1.82, 2.24) is 0 Å². The lowest BCUT2D eigenvalue weighted by Crippen LogP contribution is -2.44. The summed E-state index contributed by atoms with van der Waals surface area (Å²) >= 11 is 0. The molecule has 5 nitrogen and oxygen atoms in total. The molecule has 0 saturated carbocycles. The van der Waals surface area contributed by atoms with Crippen LogP contribution in [0.5, 0.6) is 0 Å². The number of unbranched alkanes of at least 4 members (excludes halogenated alkanes) is 2. The van der Waals surface area contributed by atoms with Crippen LogP contribution in [0.15, 0.2) is 18.2 Å². The zero-order chi connectivity index (χ0) is 16.7. The molecule has 0 aromatic heterocycles. The van der Waals surface area contributed by atoms with Crippen molar-refractivity contribution in [2.75, 3.05) is 13.2 Å². The van der Waals surface area contributed by atoms with Gasteiger partial charge in [-0.15, -0.1) is 0 Å². The highest BCUT2D eigenvalue weighted by Gasteiger charge is 2.30. The topological polar surface area (TPSA) is 61.8 Å². The van der Waals surface area contributed by atoms with Gasteiger partial charge in [0.2, 0.25) is 0 Å². The summed E-state index contributed by atoms with van der Waals surface area (Å²) in [6, 6.07) is 4.85. The molecule has 23 heavy (non-hydrogen) atoms. The van der Waals surface area contributed by atoms with Gasteiger partial charge in [-0.2, -0.15) is 0 Å². The Kier molecular flexibility index (Phi) is 6.39. The molecule has 1 aromatic carbocycles. The van der Waals surface area contributed by atoms with E-state index in [0.29, 0.717) is 29.8 Å². The van der Waals surface area contributed by atoms with Gasteiger partial charge in [-0.3, -0.25) is 0 Å². The van der Waals surface area contributed by atoms with Gasteiger partial charge in [0.1, 0.15) is 5.94 Å². The van der Waals surface area contributed by atoms with Gasteiger partial charge in [-0.05, 0) is 25.0 Å². The summed E-state index contributed by atoms with van der Waals surface area (Å²) in [6.07, 6.45) is 2.75. The molecule has 1 atom stereocenters. The van der Waals surface area contributed by atoms with Crippen LogP contribution in [0.2, 0.25) is 0 Å².